The van der Waals surface area contributed by atoms with E-state index in [0.29, 0.717) is 5.52 Å². The second-order valence-corrected chi connectivity index (χ2v) is 13.7. The molecule has 0 unspecified atom stereocenters. The molecule has 0 saturated carbocycles. The number of aryl methyl sites for hydroxylation is 1. The summed E-state index contributed by atoms with van der Waals surface area (Å²) in [5.41, 5.74) is 5.90. The van der Waals surface area contributed by atoms with Crippen LogP contribution in [0.1, 0.15) is 11.1 Å². The second-order valence-electron chi connectivity index (χ2n) is 7.17. The molecule has 1 aromatic heterocycles. The number of hydrogen-bond donors (Lipinski definition) is 0. The zero-order valence-electron chi connectivity index (χ0n) is 14.9. The number of nitrogens with zero attached hydrogens (tertiary/aromatic N) is 1. The number of benzene rings is 2. The van der Waals surface area contributed by atoms with Gasteiger partial charge in [-0.3, -0.25) is 0 Å². The average molecular weight is 368 g/mol. The summed E-state index contributed by atoms with van der Waals surface area (Å²) in [6.45, 7) is 8.50. The first-order chi connectivity index (χ1) is 11.7. The van der Waals surface area contributed by atoms with Crippen LogP contribution in [-0.2, 0) is 10.0 Å². The molecule has 0 atom stereocenters. The van der Waals surface area contributed by atoms with Crippen molar-refractivity contribution in [1.29, 1.82) is 0 Å². The van der Waals surface area contributed by atoms with Gasteiger partial charge in [-0.25, -0.2) is 12.4 Å². The van der Waals surface area contributed by atoms with Gasteiger partial charge in [0, 0.05) is 17.1 Å². The van der Waals surface area contributed by atoms with Gasteiger partial charge in [-0.2, -0.15) is 0 Å². The number of hydrogen-bond acceptors (Lipinski definition) is 2. The first-order valence-electron chi connectivity index (χ1n) is 8.14. The van der Waals surface area contributed by atoms with Gasteiger partial charge < -0.3 is 0 Å². The van der Waals surface area contributed by atoms with Crippen LogP contribution < -0.4 is 0 Å². The Kier molecular flexibility index (Phi) is 4.36. The van der Waals surface area contributed by atoms with Crippen molar-refractivity contribution in [3.63, 3.8) is 0 Å². The maximum atomic E-state index is 13.0. The Bertz CT molecular complexity index is 1090. The topological polar surface area (TPSA) is 39.1 Å². The van der Waals surface area contributed by atoms with Crippen LogP contribution in [0.5, 0.6) is 0 Å². The molecule has 3 nitrogen and oxygen atoms in total. The van der Waals surface area contributed by atoms with Gasteiger partial charge in [0.25, 0.3) is 10.0 Å². The summed E-state index contributed by atoms with van der Waals surface area (Å²) in [4.78, 5) is 0.286. The molecule has 0 saturated heterocycles. The van der Waals surface area contributed by atoms with Crippen molar-refractivity contribution >= 4 is 29.0 Å². The van der Waals surface area contributed by atoms with E-state index >= 15 is 0 Å². The van der Waals surface area contributed by atoms with Gasteiger partial charge in [0.2, 0.25) is 0 Å². The van der Waals surface area contributed by atoms with Crippen molar-refractivity contribution in [2.75, 3.05) is 0 Å². The van der Waals surface area contributed by atoms with Crippen molar-refractivity contribution < 1.29 is 8.42 Å². The second kappa shape index (κ2) is 6.21. The van der Waals surface area contributed by atoms with E-state index < -0.39 is 18.1 Å². The van der Waals surface area contributed by atoms with Gasteiger partial charge in [0.05, 0.1) is 10.4 Å². The van der Waals surface area contributed by atoms with Crippen LogP contribution in [-0.4, -0.2) is 20.5 Å². The Labute approximate surface area is 150 Å². The van der Waals surface area contributed by atoms with E-state index in [9.17, 15) is 8.42 Å². The van der Waals surface area contributed by atoms with Crippen molar-refractivity contribution in [3.05, 3.63) is 65.9 Å². The Morgan fingerprint density at radius 3 is 2.28 bits per heavy atom. The van der Waals surface area contributed by atoms with E-state index in [2.05, 4.69) is 31.1 Å². The SMILES string of the molecule is Cc1ccc(S(=O)(=O)n2ccc3c(C#C[Si](C)(C)C)cccc32)cc1. The molecule has 128 valence electrons. The highest BCUT2D eigenvalue weighted by Gasteiger charge is 2.19. The molecular formula is C20H21NO2SSi. The Balaban J connectivity index is 2.16. The van der Waals surface area contributed by atoms with Gasteiger partial charge in [0.1, 0.15) is 8.07 Å². The zero-order chi connectivity index (χ0) is 18.2. The smallest absolute Gasteiger partial charge is 0.241 e. The molecule has 0 fully saturated rings. The van der Waals surface area contributed by atoms with Crippen LogP contribution in [0.25, 0.3) is 10.9 Å². The summed E-state index contributed by atoms with van der Waals surface area (Å²) in [6, 6.07) is 14.4. The summed E-state index contributed by atoms with van der Waals surface area (Å²) < 4.78 is 27.3. The Hall–Kier alpha value is -2.29. The minimum atomic E-state index is -3.62. The minimum absolute atomic E-state index is 0.286. The lowest BCUT2D eigenvalue weighted by Crippen LogP contribution is -2.16. The molecule has 0 aliphatic carbocycles. The molecule has 0 amide bonds. The zero-order valence-corrected chi connectivity index (χ0v) is 16.7. The molecule has 0 radical (unpaired) electrons. The van der Waals surface area contributed by atoms with E-state index in [0.717, 1.165) is 16.5 Å². The fraction of sp³-hybridized carbons (Fsp3) is 0.200. The predicted molar refractivity (Wildman–Crippen MR) is 106 cm³/mol. The third kappa shape index (κ3) is 3.55. The fourth-order valence-electron chi connectivity index (χ4n) is 2.54. The van der Waals surface area contributed by atoms with Crippen molar-refractivity contribution in [3.8, 4) is 11.5 Å². The highest BCUT2D eigenvalue weighted by atomic mass is 32.2. The van der Waals surface area contributed by atoms with E-state index in [-0.39, 0.29) is 4.90 Å². The summed E-state index contributed by atoms with van der Waals surface area (Å²) in [5.74, 6) is 3.24. The lowest BCUT2D eigenvalue weighted by molar-refractivity contribution is 0.589. The average Bonchev–Trinajstić information content (AvgIpc) is 2.98. The quantitative estimate of drug-likeness (QED) is 0.497. The standard InChI is InChI=1S/C20H21NO2SSi/c1-16-8-10-18(11-9-16)24(22,23)21-14-12-19-17(6-5-7-20(19)21)13-15-25(2,3)4/h5-12,14H,1-4H3. The molecule has 0 bridgehead atoms. The van der Waals surface area contributed by atoms with Crippen LogP contribution in [0.15, 0.2) is 59.6 Å². The van der Waals surface area contributed by atoms with Gasteiger partial charge in [-0.15, -0.1) is 5.54 Å². The van der Waals surface area contributed by atoms with Crippen LogP contribution in [0, 0.1) is 18.4 Å². The van der Waals surface area contributed by atoms with E-state index in [4.69, 9.17) is 0 Å². The lowest BCUT2D eigenvalue weighted by Gasteiger charge is -2.08. The van der Waals surface area contributed by atoms with Crippen molar-refractivity contribution in [2.24, 2.45) is 0 Å². The maximum absolute atomic E-state index is 13.0. The van der Waals surface area contributed by atoms with Crippen molar-refractivity contribution in [1.82, 2.24) is 3.97 Å². The molecule has 0 spiro atoms. The largest absolute Gasteiger partial charge is 0.268 e. The molecule has 25 heavy (non-hydrogen) atoms. The third-order valence-electron chi connectivity index (χ3n) is 3.85. The monoisotopic (exact) mass is 367 g/mol. The number of rotatable bonds is 2. The third-order valence-corrected chi connectivity index (χ3v) is 6.43. The van der Waals surface area contributed by atoms with E-state index in [1.807, 2.05) is 43.3 Å². The molecule has 2 aromatic carbocycles. The highest BCUT2D eigenvalue weighted by molar-refractivity contribution is 7.90. The van der Waals surface area contributed by atoms with Gasteiger partial charge in [-0.1, -0.05) is 49.3 Å². The first-order valence-corrected chi connectivity index (χ1v) is 13.1. The summed E-state index contributed by atoms with van der Waals surface area (Å²) in [6.07, 6.45) is 1.61. The normalized spacial score (nSPS) is 12.0. The molecule has 1 heterocycles. The number of aromatic nitrogens is 1. The minimum Gasteiger partial charge on any atom is -0.241 e. The molecule has 3 rings (SSSR count). The van der Waals surface area contributed by atoms with Gasteiger partial charge in [0.15, 0.2) is 0 Å². The summed E-state index contributed by atoms with van der Waals surface area (Å²) >= 11 is 0. The van der Waals surface area contributed by atoms with Crippen molar-refractivity contribution in [2.45, 2.75) is 31.5 Å². The molecule has 3 aromatic rings. The van der Waals surface area contributed by atoms with Gasteiger partial charge in [-0.05, 0) is 37.3 Å². The molecule has 0 aliphatic heterocycles. The highest BCUT2D eigenvalue weighted by Crippen LogP contribution is 2.24. The summed E-state index contributed by atoms with van der Waals surface area (Å²) in [7, 11) is -5.12. The molecular weight excluding hydrogens is 346 g/mol. The molecule has 0 N–H and O–H groups in total. The summed E-state index contributed by atoms with van der Waals surface area (Å²) in [5, 5.41) is 0.865. The van der Waals surface area contributed by atoms with Gasteiger partial charge >= 0.3 is 0 Å². The van der Waals surface area contributed by atoms with Crippen LogP contribution in [0.4, 0.5) is 0 Å². The van der Waals surface area contributed by atoms with Crippen LogP contribution >= 0.6 is 0 Å². The van der Waals surface area contributed by atoms with E-state index in [1.54, 1.807) is 18.3 Å². The Morgan fingerprint density at radius 2 is 1.64 bits per heavy atom. The molecule has 5 heteroatoms. The maximum Gasteiger partial charge on any atom is 0.268 e. The predicted octanol–water partition coefficient (Wildman–Crippen LogP) is 4.42. The van der Waals surface area contributed by atoms with E-state index in [1.165, 1.54) is 3.97 Å². The van der Waals surface area contributed by atoms with Crippen LogP contribution in [0.2, 0.25) is 19.6 Å². The molecule has 0 aliphatic rings. The Morgan fingerprint density at radius 1 is 0.960 bits per heavy atom. The fourth-order valence-corrected chi connectivity index (χ4v) is 4.40. The number of fused-ring (bicyclic) bond motifs is 1. The lowest BCUT2D eigenvalue weighted by atomic mass is 10.1. The first kappa shape index (κ1) is 17.5. The van der Waals surface area contributed by atoms with Crippen LogP contribution in [0.3, 0.4) is 0 Å².